The molecule has 1 aromatic carbocycles. The molecule has 0 aliphatic carbocycles. The largest absolute Gasteiger partial charge is 0.320 e. The molecule has 0 spiro atoms. The second kappa shape index (κ2) is 6.89. The number of benzene rings is 1. The summed E-state index contributed by atoms with van der Waals surface area (Å²) < 4.78 is 15.9. The lowest BCUT2D eigenvalue weighted by Gasteiger charge is -2.14. The van der Waals surface area contributed by atoms with Gasteiger partial charge in [0.1, 0.15) is 5.52 Å². The molecular formula is C21H19FN6O. The number of hydrogen-bond donors (Lipinski definition) is 2. The van der Waals surface area contributed by atoms with Crippen LogP contribution in [0, 0.1) is 12.7 Å². The third-order valence-corrected chi connectivity index (χ3v) is 5.29. The topological polar surface area (TPSA) is 84.2 Å². The molecule has 1 atom stereocenters. The monoisotopic (exact) mass is 390 g/mol. The molecule has 1 amide bonds. The number of halogens is 1. The van der Waals surface area contributed by atoms with Gasteiger partial charge in [-0.2, -0.15) is 0 Å². The highest BCUT2D eigenvalue weighted by Crippen LogP contribution is 2.29. The van der Waals surface area contributed by atoms with Gasteiger partial charge in [-0.25, -0.2) is 9.37 Å². The quantitative estimate of drug-likeness (QED) is 0.562. The Balaban J connectivity index is 1.52. The Labute approximate surface area is 166 Å². The molecule has 1 aliphatic heterocycles. The van der Waals surface area contributed by atoms with Crippen LogP contribution in [0.25, 0.3) is 16.7 Å². The number of carbonyl (C=O) groups excluding carboxylic acids is 1. The van der Waals surface area contributed by atoms with Crippen LogP contribution in [0.5, 0.6) is 0 Å². The van der Waals surface area contributed by atoms with Gasteiger partial charge in [0.05, 0.1) is 22.5 Å². The third kappa shape index (κ3) is 3.11. The summed E-state index contributed by atoms with van der Waals surface area (Å²) in [4.78, 5) is 26.0. The third-order valence-electron chi connectivity index (χ3n) is 5.29. The highest BCUT2D eigenvalue weighted by Gasteiger charge is 2.22. The fraction of sp³-hybridized carbons (Fsp3) is 0.238. The number of hydrogen-bond acceptors (Lipinski definition) is 5. The summed E-state index contributed by atoms with van der Waals surface area (Å²) in [5.41, 5.74) is 4.06. The Hall–Kier alpha value is -3.39. The molecule has 3 aromatic heterocycles. The highest BCUT2D eigenvalue weighted by atomic mass is 19.1. The van der Waals surface area contributed by atoms with Crippen LogP contribution >= 0.6 is 0 Å². The van der Waals surface area contributed by atoms with E-state index < -0.39 is 5.82 Å². The van der Waals surface area contributed by atoms with Gasteiger partial charge in [0.25, 0.3) is 5.91 Å². The van der Waals surface area contributed by atoms with Gasteiger partial charge in [-0.05, 0) is 37.4 Å². The molecule has 0 unspecified atom stereocenters. The minimum absolute atomic E-state index is 0.228. The van der Waals surface area contributed by atoms with Gasteiger partial charge in [-0.3, -0.25) is 14.8 Å². The van der Waals surface area contributed by atoms with Crippen LogP contribution in [0.2, 0.25) is 0 Å². The number of nitrogens with zero attached hydrogens (tertiary/aromatic N) is 4. The van der Waals surface area contributed by atoms with E-state index in [2.05, 4.69) is 25.6 Å². The summed E-state index contributed by atoms with van der Waals surface area (Å²) in [7, 11) is 0. The summed E-state index contributed by atoms with van der Waals surface area (Å²) in [5.74, 6) is -0.501. The number of aromatic nitrogens is 4. The Morgan fingerprint density at radius 1 is 1.24 bits per heavy atom. The Morgan fingerprint density at radius 2 is 2.07 bits per heavy atom. The Morgan fingerprint density at radius 3 is 2.86 bits per heavy atom. The van der Waals surface area contributed by atoms with Crippen LogP contribution in [0.15, 0.2) is 43.0 Å². The van der Waals surface area contributed by atoms with Crippen molar-refractivity contribution in [2.75, 3.05) is 18.4 Å². The van der Waals surface area contributed by atoms with Gasteiger partial charge in [0, 0.05) is 37.4 Å². The van der Waals surface area contributed by atoms with E-state index in [9.17, 15) is 9.18 Å². The number of pyridine rings is 1. The predicted molar refractivity (Wildman–Crippen MR) is 108 cm³/mol. The molecule has 1 fully saturated rings. The smallest absolute Gasteiger partial charge is 0.257 e. The van der Waals surface area contributed by atoms with Crippen LogP contribution in [0.4, 0.5) is 10.1 Å². The highest BCUT2D eigenvalue weighted by molar-refractivity contribution is 6.11. The fourth-order valence-electron chi connectivity index (χ4n) is 3.96. The molecule has 7 nitrogen and oxygen atoms in total. The van der Waals surface area contributed by atoms with E-state index in [0.29, 0.717) is 28.4 Å². The van der Waals surface area contributed by atoms with Crippen molar-refractivity contribution in [3.63, 3.8) is 0 Å². The summed E-state index contributed by atoms with van der Waals surface area (Å²) in [6, 6.07) is 4.99. The molecule has 4 aromatic rings. The van der Waals surface area contributed by atoms with E-state index in [1.807, 2.05) is 6.07 Å². The average Bonchev–Trinajstić information content (AvgIpc) is 3.36. The van der Waals surface area contributed by atoms with Crippen molar-refractivity contribution in [1.29, 1.82) is 0 Å². The molecule has 29 heavy (non-hydrogen) atoms. The maximum atomic E-state index is 14.3. The molecule has 146 valence electrons. The van der Waals surface area contributed by atoms with Gasteiger partial charge in [-0.15, -0.1) is 0 Å². The second-order valence-corrected chi connectivity index (χ2v) is 7.29. The molecule has 4 heterocycles. The first-order valence-electron chi connectivity index (χ1n) is 9.50. The summed E-state index contributed by atoms with van der Waals surface area (Å²) >= 11 is 0. The summed E-state index contributed by atoms with van der Waals surface area (Å²) in [6.45, 7) is 3.65. The predicted octanol–water partition coefficient (Wildman–Crippen LogP) is 3.05. The lowest BCUT2D eigenvalue weighted by Crippen LogP contribution is -2.15. The molecule has 1 aliphatic rings. The standard InChI is InChI=1S/C21H19FN6O/c1-12-10-28-11-14(8-17(22)20(28)26-12)27-21(29)16-3-2-15(13-4-5-23-9-13)18-19(16)25-7-6-24-18/h2-3,6-8,10-11,13,23H,4-5,9H2,1H3,(H,27,29)/t13-/m0/s1. The number of imidazole rings is 1. The van der Waals surface area contributed by atoms with Gasteiger partial charge < -0.3 is 15.0 Å². The number of anilines is 1. The molecule has 1 saturated heterocycles. The minimum Gasteiger partial charge on any atom is -0.320 e. The maximum Gasteiger partial charge on any atom is 0.257 e. The first-order chi connectivity index (χ1) is 14.1. The van der Waals surface area contributed by atoms with Gasteiger partial charge in [0.15, 0.2) is 11.5 Å². The maximum absolute atomic E-state index is 14.3. The first kappa shape index (κ1) is 17.7. The number of aryl methyl sites for hydroxylation is 1. The Bertz CT molecular complexity index is 1240. The average molecular weight is 390 g/mol. The van der Waals surface area contributed by atoms with Crippen LogP contribution in [0.3, 0.4) is 0 Å². The number of carbonyl (C=O) groups is 1. The molecule has 2 N–H and O–H groups in total. The van der Waals surface area contributed by atoms with E-state index in [1.54, 1.807) is 42.2 Å². The number of amides is 1. The normalized spacial score (nSPS) is 16.6. The fourth-order valence-corrected chi connectivity index (χ4v) is 3.96. The number of rotatable bonds is 3. The zero-order valence-corrected chi connectivity index (χ0v) is 15.8. The minimum atomic E-state index is -0.496. The lowest BCUT2D eigenvalue weighted by molar-refractivity contribution is 0.102. The van der Waals surface area contributed by atoms with Crippen molar-refractivity contribution in [3.05, 3.63) is 65.6 Å². The molecule has 0 radical (unpaired) electrons. The van der Waals surface area contributed by atoms with Crippen LogP contribution in [-0.4, -0.2) is 38.3 Å². The molecule has 5 rings (SSSR count). The van der Waals surface area contributed by atoms with E-state index >= 15 is 0 Å². The van der Waals surface area contributed by atoms with Crippen molar-refractivity contribution in [3.8, 4) is 0 Å². The van der Waals surface area contributed by atoms with Gasteiger partial charge in [0.2, 0.25) is 0 Å². The first-order valence-corrected chi connectivity index (χ1v) is 9.50. The van der Waals surface area contributed by atoms with E-state index in [1.165, 1.54) is 6.07 Å². The van der Waals surface area contributed by atoms with Crippen LogP contribution < -0.4 is 10.6 Å². The van der Waals surface area contributed by atoms with Gasteiger partial charge >= 0.3 is 0 Å². The zero-order chi connectivity index (χ0) is 20.0. The second-order valence-electron chi connectivity index (χ2n) is 7.29. The molecule has 8 heteroatoms. The Kier molecular flexibility index (Phi) is 4.21. The van der Waals surface area contributed by atoms with E-state index in [4.69, 9.17) is 0 Å². The van der Waals surface area contributed by atoms with Crippen LogP contribution in [0.1, 0.15) is 34.0 Å². The SMILES string of the molecule is Cc1cn2cc(NC(=O)c3ccc([C@H]4CCNC4)c4nccnc34)cc(F)c2n1. The van der Waals surface area contributed by atoms with Crippen molar-refractivity contribution in [2.45, 2.75) is 19.3 Å². The number of nitrogens with one attached hydrogen (secondary N) is 2. The van der Waals surface area contributed by atoms with Crippen molar-refractivity contribution < 1.29 is 9.18 Å². The summed E-state index contributed by atoms with van der Waals surface area (Å²) in [6.07, 6.45) is 7.60. The van der Waals surface area contributed by atoms with Crippen LogP contribution in [-0.2, 0) is 0 Å². The number of fused-ring (bicyclic) bond motifs is 2. The van der Waals surface area contributed by atoms with E-state index in [-0.39, 0.29) is 11.6 Å². The zero-order valence-electron chi connectivity index (χ0n) is 15.8. The lowest BCUT2D eigenvalue weighted by atomic mass is 9.95. The molecule has 0 bridgehead atoms. The van der Waals surface area contributed by atoms with Crippen molar-refractivity contribution >= 4 is 28.3 Å². The van der Waals surface area contributed by atoms with Gasteiger partial charge in [-0.1, -0.05) is 6.07 Å². The molecular weight excluding hydrogens is 371 g/mol. The molecule has 0 saturated carbocycles. The van der Waals surface area contributed by atoms with Crippen molar-refractivity contribution in [2.24, 2.45) is 0 Å². The van der Waals surface area contributed by atoms with E-state index in [0.717, 1.165) is 30.6 Å². The summed E-state index contributed by atoms with van der Waals surface area (Å²) in [5, 5.41) is 6.13. The van der Waals surface area contributed by atoms with Crippen molar-refractivity contribution in [1.82, 2.24) is 24.7 Å².